The third-order valence-electron chi connectivity index (χ3n) is 3.59. The molecule has 20 heavy (non-hydrogen) atoms. The molecule has 0 bridgehead atoms. The van der Waals surface area contributed by atoms with E-state index in [1.165, 1.54) is 11.1 Å². The molecule has 1 aliphatic rings. The van der Waals surface area contributed by atoms with Crippen molar-refractivity contribution < 1.29 is 4.79 Å². The van der Waals surface area contributed by atoms with Crippen molar-refractivity contribution in [1.82, 2.24) is 9.88 Å². The minimum atomic E-state index is -0.133. The van der Waals surface area contributed by atoms with E-state index in [0.29, 0.717) is 10.7 Å². The number of anilines is 1. The molecule has 104 valence electrons. The van der Waals surface area contributed by atoms with Crippen LogP contribution in [0.1, 0.15) is 21.6 Å². The second-order valence-corrected chi connectivity index (χ2v) is 5.42. The number of carbonyl (C=O) groups excluding carboxylic acids is 1. The highest BCUT2D eigenvalue weighted by molar-refractivity contribution is 6.31. The lowest BCUT2D eigenvalue weighted by molar-refractivity contribution is 0.101. The zero-order chi connectivity index (χ0) is 14.1. The molecule has 1 aromatic carbocycles. The molecule has 4 nitrogen and oxygen atoms in total. The second-order valence-electron chi connectivity index (χ2n) is 4.98. The van der Waals surface area contributed by atoms with Crippen LogP contribution in [-0.2, 0) is 20.0 Å². The minimum absolute atomic E-state index is 0.133. The number of aromatic nitrogens is 1. The van der Waals surface area contributed by atoms with Crippen LogP contribution in [0.4, 0.5) is 5.69 Å². The lowest BCUT2D eigenvalue weighted by atomic mass is 9.99. The van der Waals surface area contributed by atoms with Crippen LogP contribution in [0.15, 0.2) is 30.5 Å². The average Bonchev–Trinajstić information content (AvgIpc) is 2.78. The minimum Gasteiger partial charge on any atom is -0.345 e. The molecule has 5 heteroatoms. The monoisotopic (exact) mass is 289 g/mol. The van der Waals surface area contributed by atoms with Gasteiger partial charge in [0.2, 0.25) is 0 Å². The average molecular weight is 290 g/mol. The number of fused-ring (bicyclic) bond motifs is 1. The van der Waals surface area contributed by atoms with E-state index in [9.17, 15) is 4.79 Å². The van der Waals surface area contributed by atoms with Crippen molar-refractivity contribution in [1.29, 1.82) is 0 Å². The SMILES string of the molecule is Cn1cc(Cl)cc1C(=O)Nc1cccc2c1CCNC2. The summed E-state index contributed by atoms with van der Waals surface area (Å²) in [5, 5.41) is 6.89. The molecular formula is C15H16ClN3O. The molecule has 0 fully saturated rings. The maximum atomic E-state index is 12.3. The first-order valence-electron chi connectivity index (χ1n) is 6.60. The molecule has 0 saturated carbocycles. The molecule has 2 aromatic rings. The van der Waals surface area contributed by atoms with E-state index in [-0.39, 0.29) is 5.91 Å². The van der Waals surface area contributed by atoms with Gasteiger partial charge in [-0.2, -0.15) is 0 Å². The Kier molecular flexibility index (Phi) is 3.51. The molecule has 2 heterocycles. The van der Waals surface area contributed by atoms with Crippen molar-refractivity contribution in [3.8, 4) is 0 Å². The summed E-state index contributed by atoms with van der Waals surface area (Å²) in [4.78, 5) is 12.3. The maximum absolute atomic E-state index is 12.3. The van der Waals surface area contributed by atoms with Crippen molar-refractivity contribution in [2.75, 3.05) is 11.9 Å². The van der Waals surface area contributed by atoms with Crippen molar-refractivity contribution in [3.05, 3.63) is 52.3 Å². The number of nitrogens with one attached hydrogen (secondary N) is 2. The summed E-state index contributed by atoms with van der Waals surface area (Å²) in [5.74, 6) is -0.133. The number of rotatable bonds is 2. The summed E-state index contributed by atoms with van der Waals surface area (Å²) in [6, 6.07) is 7.69. The predicted molar refractivity (Wildman–Crippen MR) is 80.2 cm³/mol. The first kappa shape index (κ1) is 13.2. The summed E-state index contributed by atoms with van der Waals surface area (Å²) >= 11 is 5.92. The number of benzene rings is 1. The van der Waals surface area contributed by atoms with E-state index < -0.39 is 0 Å². The Balaban J connectivity index is 1.88. The van der Waals surface area contributed by atoms with Crippen LogP contribution < -0.4 is 10.6 Å². The maximum Gasteiger partial charge on any atom is 0.272 e. The van der Waals surface area contributed by atoms with E-state index in [4.69, 9.17) is 11.6 Å². The normalized spacial score (nSPS) is 13.9. The summed E-state index contributed by atoms with van der Waals surface area (Å²) in [6.07, 6.45) is 2.65. The van der Waals surface area contributed by atoms with Gasteiger partial charge >= 0.3 is 0 Å². The molecular weight excluding hydrogens is 274 g/mol. The van der Waals surface area contributed by atoms with Crippen molar-refractivity contribution in [2.24, 2.45) is 7.05 Å². The lowest BCUT2D eigenvalue weighted by Gasteiger charge is -2.20. The zero-order valence-electron chi connectivity index (χ0n) is 11.2. The smallest absolute Gasteiger partial charge is 0.272 e. The highest BCUT2D eigenvalue weighted by atomic mass is 35.5. The zero-order valence-corrected chi connectivity index (χ0v) is 12.0. The van der Waals surface area contributed by atoms with E-state index in [1.807, 2.05) is 19.2 Å². The lowest BCUT2D eigenvalue weighted by Crippen LogP contribution is -2.25. The van der Waals surface area contributed by atoms with Gasteiger partial charge < -0.3 is 15.2 Å². The van der Waals surface area contributed by atoms with Gasteiger partial charge in [-0.25, -0.2) is 0 Å². The number of aryl methyl sites for hydroxylation is 1. The highest BCUT2D eigenvalue weighted by Gasteiger charge is 2.16. The van der Waals surface area contributed by atoms with Crippen LogP contribution in [0.2, 0.25) is 5.02 Å². The Morgan fingerprint density at radius 3 is 3.05 bits per heavy atom. The number of hydrogen-bond acceptors (Lipinski definition) is 2. The Morgan fingerprint density at radius 2 is 2.30 bits per heavy atom. The molecule has 3 rings (SSSR count). The van der Waals surface area contributed by atoms with E-state index in [1.54, 1.807) is 16.8 Å². The first-order chi connectivity index (χ1) is 9.65. The van der Waals surface area contributed by atoms with Crippen LogP contribution in [0.5, 0.6) is 0 Å². The Labute approximate surface area is 122 Å². The molecule has 0 aliphatic carbocycles. The van der Waals surface area contributed by atoms with Gasteiger partial charge in [-0.1, -0.05) is 23.7 Å². The molecule has 1 aromatic heterocycles. The van der Waals surface area contributed by atoms with Crippen molar-refractivity contribution >= 4 is 23.2 Å². The van der Waals surface area contributed by atoms with Crippen LogP contribution >= 0.6 is 11.6 Å². The van der Waals surface area contributed by atoms with Gasteiger partial charge in [0, 0.05) is 25.5 Å². The quantitative estimate of drug-likeness (QED) is 0.892. The van der Waals surface area contributed by atoms with Gasteiger partial charge in [-0.15, -0.1) is 0 Å². The molecule has 0 spiro atoms. The summed E-state index contributed by atoms with van der Waals surface area (Å²) in [5.41, 5.74) is 3.92. The molecule has 0 saturated heterocycles. The van der Waals surface area contributed by atoms with Gasteiger partial charge in [0.05, 0.1) is 5.02 Å². The molecule has 1 aliphatic heterocycles. The summed E-state index contributed by atoms with van der Waals surface area (Å²) in [6.45, 7) is 1.80. The molecule has 0 unspecified atom stereocenters. The van der Waals surface area contributed by atoms with Gasteiger partial charge in [-0.3, -0.25) is 4.79 Å². The Hall–Kier alpha value is -1.78. The van der Waals surface area contributed by atoms with Crippen LogP contribution in [0, 0.1) is 0 Å². The van der Waals surface area contributed by atoms with Gasteiger partial charge in [0.1, 0.15) is 5.69 Å². The van der Waals surface area contributed by atoms with Crippen molar-refractivity contribution in [3.63, 3.8) is 0 Å². The predicted octanol–water partition coefficient (Wildman–Crippen LogP) is 2.58. The number of carbonyl (C=O) groups is 1. The Bertz CT molecular complexity index is 663. The summed E-state index contributed by atoms with van der Waals surface area (Å²) < 4.78 is 1.73. The largest absolute Gasteiger partial charge is 0.345 e. The van der Waals surface area contributed by atoms with E-state index >= 15 is 0 Å². The van der Waals surface area contributed by atoms with Gasteiger partial charge in [-0.05, 0) is 36.2 Å². The third-order valence-corrected chi connectivity index (χ3v) is 3.80. The standard InChI is InChI=1S/C15H16ClN3O/c1-19-9-11(16)7-14(19)15(20)18-13-4-2-3-10-8-17-6-5-12(10)13/h2-4,7,9,17H,5-6,8H2,1H3,(H,18,20). The second kappa shape index (κ2) is 5.31. The highest BCUT2D eigenvalue weighted by Crippen LogP contribution is 2.24. The number of nitrogens with zero attached hydrogens (tertiary/aromatic N) is 1. The Morgan fingerprint density at radius 1 is 1.45 bits per heavy atom. The first-order valence-corrected chi connectivity index (χ1v) is 6.97. The van der Waals surface area contributed by atoms with Crippen molar-refractivity contribution in [2.45, 2.75) is 13.0 Å². The number of amides is 1. The number of hydrogen-bond donors (Lipinski definition) is 2. The van der Waals surface area contributed by atoms with Crippen LogP contribution in [0.25, 0.3) is 0 Å². The van der Waals surface area contributed by atoms with Crippen LogP contribution in [0.3, 0.4) is 0 Å². The fraction of sp³-hybridized carbons (Fsp3) is 0.267. The number of halogens is 1. The topological polar surface area (TPSA) is 46.1 Å². The van der Waals surface area contributed by atoms with Crippen LogP contribution in [-0.4, -0.2) is 17.0 Å². The molecule has 2 N–H and O–H groups in total. The fourth-order valence-corrected chi connectivity index (χ4v) is 2.84. The molecule has 0 atom stereocenters. The third kappa shape index (κ3) is 2.44. The van der Waals surface area contributed by atoms with E-state index in [0.717, 1.165) is 25.2 Å². The van der Waals surface area contributed by atoms with Gasteiger partial charge in [0.25, 0.3) is 5.91 Å². The summed E-state index contributed by atoms with van der Waals surface area (Å²) in [7, 11) is 1.81. The van der Waals surface area contributed by atoms with Gasteiger partial charge in [0.15, 0.2) is 0 Å². The van der Waals surface area contributed by atoms with E-state index in [2.05, 4.69) is 16.7 Å². The fourth-order valence-electron chi connectivity index (χ4n) is 2.59. The molecule has 1 amide bonds. The molecule has 0 radical (unpaired) electrons.